The first-order chi connectivity index (χ1) is 31.4. The summed E-state index contributed by atoms with van der Waals surface area (Å²) in [4.78, 5) is 38.1. The molecule has 0 amide bonds. The van der Waals surface area contributed by atoms with Gasteiger partial charge in [0.25, 0.3) is 0 Å². The molecule has 0 aliphatic rings. The highest BCUT2D eigenvalue weighted by atomic mass is 16.6. The lowest BCUT2D eigenvalue weighted by Gasteiger charge is -2.18. The van der Waals surface area contributed by atoms with Crippen molar-refractivity contribution < 1.29 is 28.6 Å². The van der Waals surface area contributed by atoms with E-state index in [-0.39, 0.29) is 31.1 Å². The Kier molecular flexibility index (Phi) is 51.1. The Hall–Kier alpha value is -1.59. The van der Waals surface area contributed by atoms with Gasteiger partial charge >= 0.3 is 17.9 Å². The van der Waals surface area contributed by atoms with Crippen molar-refractivity contribution in [3.05, 3.63) is 0 Å². The molecule has 6 nitrogen and oxygen atoms in total. The summed E-state index contributed by atoms with van der Waals surface area (Å²) in [7, 11) is 0. The van der Waals surface area contributed by atoms with Crippen LogP contribution in [-0.4, -0.2) is 37.2 Å². The van der Waals surface area contributed by atoms with E-state index in [4.69, 9.17) is 14.2 Å². The Labute approximate surface area is 399 Å². The van der Waals surface area contributed by atoms with Gasteiger partial charge in [0.05, 0.1) is 0 Å². The zero-order valence-corrected chi connectivity index (χ0v) is 43.8. The number of carbonyl (C=O) groups is 3. The van der Waals surface area contributed by atoms with E-state index in [0.717, 1.165) is 63.7 Å². The zero-order valence-electron chi connectivity index (χ0n) is 43.8. The van der Waals surface area contributed by atoms with Crippen molar-refractivity contribution in [2.45, 2.75) is 336 Å². The zero-order chi connectivity index (χ0) is 46.7. The molecule has 0 aliphatic heterocycles. The van der Waals surface area contributed by atoms with E-state index in [1.807, 2.05) is 0 Å². The molecule has 0 aromatic carbocycles. The molecule has 0 aromatic heterocycles. The fraction of sp³-hybridized carbons (Fsp3) is 0.948. The largest absolute Gasteiger partial charge is 0.462 e. The van der Waals surface area contributed by atoms with Crippen LogP contribution in [0.2, 0.25) is 0 Å². The van der Waals surface area contributed by atoms with Crippen LogP contribution in [0, 0.1) is 5.92 Å². The lowest BCUT2D eigenvalue weighted by Crippen LogP contribution is -2.30. The Morgan fingerprint density at radius 2 is 0.516 bits per heavy atom. The number of esters is 3. The highest BCUT2D eigenvalue weighted by Crippen LogP contribution is 2.18. The number of ether oxygens (including phenoxy) is 3. The van der Waals surface area contributed by atoms with Crippen LogP contribution in [0.15, 0.2) is 0 Å². The van der Waals surface area contributed by atoms with E-state index in [2.05, 4.69) is 27.7 Å². The minimum atomic E-state index is -0.762. The van der Waals surface area contributed by atoms with E-state index in [1.54, 1.807) is 0 Å². The molecule has 0 spiro atoms. The van der Waals surface area contributed by atoms with Gasteiger partial charge in [0, 0.05) is 19.3 Å². The molecule has 0 unspecified atom stereocenters. The highest BCUT2D eigenvalue weighted by Gasteiger charge is 2.19. The van der Waals surface area contributed by atoms with Crippen molar-refractivity contribution in [2.75, 3.05) is 13.2 Å². The SMILES string of the molecule is CCCCCCCCCCCCCCCCCCCCC(=O)OC[C@@H](COC(=O)CCCCCCCCCCCCCCCCC)OC(=O)CCCCCCCCCCCCC(C)C. The molecule has 380 valence electrons. The maximum Gasteiger partial charge on any atom is 0.306 e. The van der Waals surface area contributed by atoms with Gasteiger partial charge in [-0.15, -0.1) is 0 Å². The van der Waals surface area contributed by atoms with Gasteiger partial charge in [0.15, 0.2) is 6.10 Å². The molecule has 0 aliphatic carbocycles. The van der Waals surface area contributed by atoms with Crippen molar-refractivity contribution in [2.24, 2.45) is 5.92 Å². The smallest absolute Gasteiger partial charge is 0.306 e. The van der Waals surface area contributed by atoms with E-state index in [0.29, 0.717) is 19.3 Å². The minimum Gasteiger partial charge on any atom is -0.462 e. The number of hydrogen-bond acceptors (Lipinski definition) is 6. The van der Waals surface area contributed by atoms with Gasteiger partial charge in [-0.3, -0.25) is 14.4 Å². The predicted molar refractivity (Wildman–Crippen MR) is 275 cm³/mol. The normalized spacial score (nSPS) is 12.0. The lowest BCUT2D eigenvalue weighted by molar-refractivity contribution is -0.167. The van der Waals surface area contributed by atoms with E-state index in [9.17, 15) is 14.4 Å². The van der Waals surface area contributed by atoms with Crippen LogP contribution in [-0.2, 0) is 28.6 Å². The molecule has 0 rings (SSSR count). The topological polar surface area (TPSA) is 78.9 Å². The summed E-state index contributed by atoms with van der Waals surface area (Å²) in [5.41, 5.74) is 0. The van der Waals surface area contributed by atoms with Crippen LogP contribution < -0.4 is 0 Å². The van der Waals surface area contributed by atoms with Crippen LogP contribution in [0.25, 0.3) is 0 Å². The Balaban J connectivity index is 4.27. The third-order valence-electron chi connectivity index (χ3n) is 13.3. The number of hydrogen-bond donors (Lipinski definition) is 0. The first-order valence-corrected chi connectivity index (χ1v) is 28.9. The standard InChI is InChI=1S/C58H112O6/c1-5-7-9-11-13-15-17-19-21-22-23-25-27-29-34-38-42-46-50-57(60)63-53-55(64-58(61)51-47-43-39-35-31-30-32-36-40-44-48-54(3)4)52-62-56(59)49-45-41-37-33-28-26-24-20-18-16-14-12-10-8-6-2/h54-55H,5-53H2,1-4H3/t55-/m1/s1. The van der Waals surface area contributed by atoms with E-state index < -0.39 is 6.10 Å². The van der Waals surface area contributed by atoms with Gasteiger partial charge in [-0.1, -0.05) is 291 Å². The molecule has 0 saturated carbocycles. The van der Waals surface area contributed by atoms with Crippen LogP contribution >= 0.6 is 0 Å². The molecule has 64 heavy (non-hydrogen) atoms. The average molecular weight is 906 g/mol. The lowest BCUT2D eigenvalue weighted by atomic mass is 10.0. The van der Waals surface area contributed by atoms with Gasteiger partial charge in [-0.2, -0.15) is 0 Å². The Morgan fingerprint density at radius 1 is 0.297 bits per heavy atom. The summed E-state index contributed by atoms with van der Waals surface area (Å²) < 4.78 is 16.9. The maximum atomic E-state index is 12.8. The second-order valence-corrected chi connectivity index (χ2v) is 20.4. The Bertz CT molecular complexity index is 964. The summed E-state index contributed by atoms with van der Waals surface area (Å²) in [5.74, 6) is -0.0205. The molecular weight excluding hydrogens is 793 g/mol. The molecule has 0 fully saturated rings. The van der Waals surface area contributed by atoms with Gasteiger partial charge in [-0.05, 0) is 25.2 Å². The third kappa shape index (κ3) is 51.4. The molecule has 0 saturated heterocycles. The van der Waals surface area contributed by atoms with Crippen molar-refractivity contribution in [3.8, 4) is 0 Å². The van der Waals surface area contributed by atoms with Gasteiger partial charge < -0.3 is 14.2 Å². The van der Waals surface area contributed by atoms with Crippen LogP contribution in [0.1, 0.15) is 329 Å². The maximum absolute atomic E-state index is 12.8. The average Bonchev–Trinajstić information content (AvgIpc) is 3.28. The second kappa shape index (κ2) is 52.4. The van der Waals surface area contributed by atoms with Crippen molar-refractivity contribution in [1.29, 1.82) is 0 Å². The Morgan fingerprint density at radius 3 is 0.766 bits per heavy atom. The second-order valence-electron chi connectivity index (χ2n) is 20.4. The molecular formula is C58H112O6. The van der Waals surface area contributed by atoms with Gasteiger partial charge in [-0.25, -0.2) is 0 Å². The van der Waals surface area contributed by atoms with Crippen molar-refractivity contribution in [3.63, 3.8) is 0 Å². The summed E-state index contributed by atoms with van der Waals surface area (Å²) in [5, 5.41) is 0. The molecule has 6 heteroatoms. The predicted octanol–water partition coefficient (Wildman–Crippen LogP) is 19.0. The third-order valence-corrected chi connectivity index (χ3v) is 13.3. The fourth-order valence-corrected chi connectivity index (χ4v) is 8.92. The van der Waals surface area contributed by atoms with E-state index >= 15 is 0 Å². The molecule has 0 heterocycles. The summed E-state index contributed by atoms with van der Waals surface area (Å²) >= 11 is 0. The minimum absolute atomic E-state index is 0.0622. The molecule has 0 radical (unpaired) electrons. The molecule has 0 bridgehead atoms. The monoisotopic (exact) mass is 905 g/mol. The molecule has 1 atom stereocenters. The van der Waals surface area contributed by atoms with Gasteiger partial charge in [0.1, 0.15) is 13.2 Å². The van der Waals surface area contributed by atoms with Crippen molar-refractivity contribution >= 4 is 17.9 Å². The van der Waals surface area contributed by atoms with Gasteiger partial charge in [0.2, 0.25) is 0 Å². The summed E-state index contributed by atoms with van der Waals surface area (Å²) in [6, 6.07) is 0. The van der Waals surface area contributed by atoms with E-state index in [1.165, 1.54) is 225 Å². The number of unbranched alkanes of at least 4 members (excludes halogenated alkanes) is 40. The number of rotatable bonds is 53. The van der Waals surface area contributed by atoms with Crippen LogP contribution in [0.5, 0.6) is 0 Å². The number of carbonyl (C=O) groups excluding carboxylic acids is 3. The first-order valence-electron chi connectivity index (χ1n) is 28.9. The first kappa shape index (κ1) is 62.4. The highest BCUT2D eigenvalue weighted by molar-refractivity contribution is 5.71. The molecule has 0 aromatic rings. The summed E-state index contributed by atoms with van der Waals surface area (Å²) in [6.45, 7) is 9.04. The molecule has 0 N–H and O–H groups in total. The van der Waals surface area contributed by atoms with Crippen molar-refractivity contribution in [1.82, 2.24) is 0 Å². The summed E-state index contributed by atoms with van der Waals surface area (Å²) in [6.07, 6.45) is 56.7. The fourth-order valence-electron chi connectivity index (χ4n) is 8.92. The van der Waals surface area contributed by atoms with Crippen LogP contribution in [0.4, 0.5) is 0 Å². The quantitative estimate of drug-likeness (QED) is 0.0344. The van der Waals surface area contributed by atoms with Crippen LogP contribution in [0.3, 0.4) is 0 Å².